The number of nitrogens with one attached hydrogen (secondary N) is 1. The Balaban J connectivity index is 0.00000106. The summed E-state index contributed by atoms with van der Waals surface area (Å²) in [6.07, 6.45) is 11.7. The van der Waals surface area contributed by atoms with E-state index in [1.165, 1.54) is 31.2 Å². The molecule has 0 heterocycles. The third kappa shape index (κ3) is 6.31. The molecule has 0 amide bonds. The smallest absolute Gasteiger partial charge is 0.0176 e. The average Bonchev–Trinajstić information content (AvgIpc) is 2.58. The number of allylic oxidation sites excluding steroid dienone is 3. The van der Waals surface area contributed by atoms with Gasteiger partial charge >= 0.3 is 0 Å². The Kier molecular flexibility index (Phi) is 9.56. The molecule has 116 valence electrons. The van der Waals surface area contributed by atoms with Crippen molar-refractivity contribution in [3.05, 3.63) is 59.7 Å². The molecule has 1 aliphatic rings. The molecule has 0 saturated carbocycles. The second-order valence-electron chi connectivity index (χ2n) is 5.23. The molecule has 0 saturated heterocycles. The van der Waals surface area contributed by atoms with E-state index in [0.717, 1.165) is 13.1 Å². The van der Waals surface area contributed by atoms with Crippen LogP contribution in [0.15, 0.2) is 54.1 Å². The van der Waals surface area contributed by atoms with Gasteiger partial charge in [0.1, 0.15) is 0 Å². The van der Waals surface area contributed by atoms with Crippen molar-refractivity contribution in [2.24, 2.45) is 0 Å². The number of hydrogen-bond acceptors (Lipinski definition) is 1. The third-order valence-corrected chi connectivity index (χ3v) is 3.75. The normalized spacial score (nSPS) is 14.9. The molecule has 1 nitrogen and oxygen atoms in total. The first-order valence-corrected chi connectivity index (χ1v) is 8.53. The van der Waals surface area contributed by atoms with Gasteiger partial charge in [-0.2, -0.15) is 0 Å². The summed E-state index contributed by atoms with van der Waals surface area (Å²) >= 11 is 0. The van der Waals surface area contributed by atoms with Crippen molar-refractivity contribution in [3.8, 4) is 0 Å². The minimum Gasteiger partial charge on any atom is -0.316 e. The van der Waals surface area contributed by atoms with Crippen molar-refractivity contribution < 1.29 is 0 Å². The molecule has 0 aliphatic heterocycles. The van der Waals surface area contributed by atoms with Crippen LogP contribution in [0.5, 0.6) is 0 Å². The topological polar surface area (TPSA) is 12.0 Å². The van der Waals surface area contributed by atoms with Crippen molar-refractivity contribution in [2.75, 3.05) is 13.1 Å². The molecule has 1 aromatic rings. The lowest BCUT2D eigenvalue weighted by molar-refractivity contribution is 0.591. The van der Waals surface area contributed by atoms with Crippen molar-refractivity contribution in [1.29, 1.82) is 0 Å². The highest BCUT2D eigenvalue weighted by molar-refractivity contribution is 5.33. The molecular formula is C20H31N. The highest BCUT2D eigenvalue weighted by atomic mass is 14.9. The van der Waals surface area contributed by atoms with Crippen LogP contribution < -0.4 is 5.32 Å². The molecule has 1 atom stereocenters. The Bertz CT molecular complexity index is 417. The average molecular weight is 285 g/mol. The lowest BCUT2D eigenvalue weighted by Crippen LogP contribution is -2.24. The monoisotopic (exact) mass is 285 g/mol. The quantitative estimate of drug-likeness (QED) is 0.656. The molecular weight excluding hydrogens is 254 g/mol. The molecule has 1 aliphatic carbocycles. The van der Waals surface area contributed by atoms with Gasteiger partial charge in [0.2, 0.25) is 0 Å². The van der Waals surface area contributed by atoms with Crippen LogP contribution in [-0.4, -0.2) is 13.1 Å². The van der Waals surface area contributed by atoms with Crippen molar-refractivity contribution >= 4 is 0 Å². The lowest BCUT2D eigenvalue weighted by atomic mass is 9.86. The zero-order valence-electron chi connectivity index (χ0n) is 13.9. The van der Waals surface area contributed by atoms with Gasteiger partial charge in [-0.05, 0) is 31.4 Å². The fourth-order valence-corrected chi connectivity index (χ4v) is 2.61. The molecule has 21 heavy (non-hydrogen) atoms. The molecule has 2 rings (SSSR count). The Labute approximate surface area is 131 Å². The fourth-order valence-electron chi connectivity index (χ4n) is 2.61. The molecule has 0 aromatic heterocycles. The molecule has 0 fully saturated rings. The van der Waals surface area contributed by atoms with Gasteiger partial charge in [0.05, 0.1) is 0 Å². The maximum atomic E-state index is 3.62. The van der Waals surface area contributed by atoms with Gasteiger partial charge in [0.15, 0.2) is 0 Å². The van der Waals surface area contributed by atoms with Crippen LogP contribution in [0.2, 0.25) is 0 Å². The first-order chi connectivity index (χ1) is 10.4. The van der Waals surface area contributed by atoms with E-state index in [-0.39, 0.29) is 0 Å². The summed E-state index contributed by atoms with van der Waals surface area (Å²) in [5.41, 5.74) is 3.01. The zero-order chi connectivity index (χ0) is 15.3. The van der Waals surface area contributed by atoms with Gasteiger partial charge in [-0.25, -0.2) is 0 Å². The summed E-state index contributed by atoms with van der Waals surface area (Å²) < 4.78 is 0. The number of unbranched alkanes of at least 4 members (excludes halogenated alkanes) is 1. The molecule has 1 heteroatoms. The van der Waals surface area contributed by atoms with E-state index in [4.69, 9.17) is 0 Å². The summed E-state index contributed by atoms with van der Waals surface area (Å²) in [7, 11) is 0. The zero-order valence-corrected chi connectivity index (χ0v) is 13.9. The van der Waals surface area contributed by atoms with Gasteiger partial charge in [-0.3, -0.25) is 0 Å². The van der Waals surface area contributed by atoms with Gasteiger partial charge in [0.25, 0.3) is 0 Å². The molecule has 0 radical (unpaired) electrons. The lowest BCUT2D eigenvalue weighted by Gasteiger charge is -2.23. The summed E-state index contributed by atoms with van der Waals surface area (Å²) in [6.45, 7) is 8.43. The number of benzene rings is 1. The first kappa shape index (κ1) is 17.7. The number of rotatable bonds is 7. The maximum Gasteiger partial charge on any atom is 0.0176 e. The van der Waals surface area contributed by atoms with Crippen LogP contribution in [0, 0.1) is 0 Å². The van der Waals surface area contributed by atoms with E-state index in [2.05, 4.69) is 60.8 Å². The number of hydrogen-bond donors (Lipinski definition) is 1. The van der Waals surface area contributed by atoms with E-state index in [9.17, 15) is 0 Å². The van der Waals surface area contributed by atoms with Crippen LogP contribution in [0.1, 0.15) is 57.9 Å². The van der Waals surface area contributed by atoms with Crippen LogP contribution in [0.4, 0.5) is 0 Å². The molecule has 0 spiro atoms. The van der Waals surface area contributed by atoms with E-state index in [0.29, 0.717) is 5.92 Å². The van der Waals surface area contributed by atoms with E-state index >= 15 is 0 Å². The van der Waals surface area contributed by atoms with Gasteiger partial charge in [-0.1, -0.05) is 81.3 Å². The Morgan fingerprint density at radius 1 is 1.14 bits per heavy atom. The Morgan fingerprint density at radius 3 is 2.52 bits per heavy atom. The summed E-state index contributed by atoms with van der Waals surface area (Å²) in [6, 6.07) is 10.9. The Morgan fingerprint density at radius 2 is 1.90 bits per heavy atom. The van der Waals surface area contributed by atoms with Crippen LogP contribution in [0.25, 0.3) is 0 Å². The second-order valence-corrected chi connectivity index (χ2v) is 5.23. The summed E-state index contributed by atoms with van der Waals surface area (Å²) in [5.74, 6) is 0.531. The van der Waals surface area contributed by atoms with Crippen molar-refractivity contribution in [2.45, 2.75) is 52.4 Å². The molecule has 1 N–H and O–H groups in total. The molecule has 1 unspecified atom stereocenters. The standard InChI is InChI=1S/C18H25N.C2H6/c1-2-3-14-19-15-18(16-10-6-4-7-11-16)17-12-8-5-9-13-17;1-2/h4-8,10-12,18-19H,2-3,9,13-15H2,1H3;1-2H3. The highest BCUT2D eigenvalue weighted by Gasteiger charge is 2.16. The van der Waals surface area contributed by atoms with E-state index in [1.807, 2.05) is 13.8 Å². The SMILES string of the molecule is CC.CCCCNCC(C1=CC=CCC1)c1ccccc1. The second kappa shape index (κ2) is 11.3. The van der Waals surface area contributed by atoms with E-state index in [1.54, 1.807) is 5.57 Å². The third-order valence-electron chi connectivity index (χ3n) is 3.75. The fraction of sp³-hybridized carbons (Fsp3) is 0.500. The summed E-state index contributed by atoms with van der Waals surface area (Å²) in [5, 5.41) is 3.62. The van der Waals surface area contributed by atoms with E-state index < -0.39 is 0 Å². The van der Waals surface area contributed by atoms with Gasteiger partial charge < -0.3 is 5.32 Å². The highest BCUT2D eigenvalue weighted by Crippen LogP contribution is 2.29. The molecule has 0 bridgehead atoms. The molecule has 1 aromatic carbocycles. The maximum absolute atomic E-state index is 3.62. The predicted molar refractivity (Wildman–Crippen MR) is 94.8 cm³/mol. The first-order valence-electron chi connectivity index (χ1n) is 8.53. The summed E-state index contributed by atoms with van der Waals surface area (Å²) in [4.78, 5) is 0. The van der Waals surface area contributed by atoms with Crippen LogP contribution in [-0.2, 0) is 0 Å². The largest absolute Gasteiger partial charge is 0.316 e. The van der Waals surface area contributed by atoms with Crippen LogP contribution >= 0.6 is 0 Å². The Hall–Kier alpha value is -1.34. The van der Waals surface area contributed by atoms with Gasteiger partial charge in [-0.15, -0.1) is 0 Å². The predicted octanol–water partition coefficient (Wildman–Crippen LogP) is 5.46. The van der Waals surface area contributed by atoms with Crippen molar-refractivity contribution in [1.82, 2.24) is 5.32 Å². The van der Waals surface area contributed by atoms with Crippen molar-refractivity contribution in [3.63, 3.8) is 0 Å². The van der Waals surface area contributed by atoms with Gasteiger partial charge in [0, 0.05) is 12.5 Å². The minimum atomic E-state index is 0.531. The minimum absolute atomic E-state index is 0.531. The van der Waals surface area contributed by atoms with Crippen LogP contribution in [0.3, 0.4) is 0 Å².